The van der Waals surface area contributed by atoms with Crippen LogP contribution in [0.15, 0.2) is 17.8 Å². The molecule has 114 valence electrons. The van der Waals surface area contributed by atoms with Crippen molar-refractivity contribution in [3.05, 3.63) is 30.5 Å². The third-order valence-corrected chi connectivity index (χ3v) is 3.93. The first-order chi connectivity index (χ1) is 9.85. The van der Waals surface area contributed by atoms with E-state index in [0.717, 1.165) is 19.3 Å². The molecule has 0 fully saturated rings. The van der Waals surface area contributed by atoms with E-state index < -0.39 is 11.9 Å². The zero-order chi connectivity index (χ0) is 16.0. The first kappa shape index (κ1) is 18.2. The van der Waals surface area contributed by atoms with Crippen LogP contribution < -0.4 is 10.1 Å². The van der Waals surface area contributed by atoms with Crippen molar-refractivity contribution in [3.8, 4) is 5.75 Å². The van der Waals surface area contributed by atoms with Gasteiger partial charge in [0.2, 0.25) is 5.91 Å². The van der Waals surface area contributed by atoms with Gasteiger partial charge in [-0.1, -0.05) is 6.92 Å². The van der Waals surface area contributed by atoms with E-state index in [2.05, 4.69) is 50.5 Å². The molecular formula is C14H15I2NO4. The molecule has 1 rings (SSSR count). The minimum Gasteiger partial charge on any atom is -0.491 e. The van der Waals surface area contributed by atoms with Crippen LogP contribution >= 0.6 is 45.2 Å². The molecule has 0 spiro atoms. The van der Waals surface area contributed by atoms with Crippen LogP contribution in [0.2, 0.25) is 0 Å². The van der Waals surface area contributed by atoms with Crippen molar-refractivity contribution >= 4 is 63.1 Å². The predicted octanol–water partition coefficient (Wildman–Crippen LogP) is 3.25. The summed E-state index contributed by atoms with van der Waals surface area (Å²) in [7, 11) is 0. The van der Waals surface area contributed by atoms with Crippen molar-refractivity contribution in [2.45, 2.75) is 20.3 Å². The third-order valence-electron chi connectivity index (χ3n) is 2.32. The van der Waals surface area contributed by atoms with Crippen LogP contribution in [0.5, 0.6) is 5.75 Å². The Morgan fingerprint density at radius 2 is 1.90 bits per heavy atom. The quantitative estimate of drug-likeness (QED) is 0.451. The summed E-state index contributed by atoms with van der Waals surface area (Å²) in [6.07, 6.45) is 2.34. The number of benzene rings is 1. The van der Waals surface area contributed by atoms with Crippen LogP contribution in [-0.2, 0) is 9.59 Å². The van der Waals surface area contributed by atoms with E-state index in [1.807, 2.05) is 19.1 Å². The fourth-order valence-electron chi connectivity index (χ4n) is 1.51. The number of carboxylic acid groups (broad SMARTS) is 1. The van der Waals surface area contributed by atoms with E-state index in [1.54, 1.807) is 0 Å². The zero-order valence-electron chi connectivity index (χ0n) is 11.6. The minimum atomic E-state index is -1.18. The van der Waals surface area contributed by atoms with Gasteiger partial charge in [-0.15, -0.1) is 0 Å². The second kappa shape index (κ2) is 8.57. The highest BCUT2D eigenvalue weighted by atomic mass is 127. The monoisotopic (exact) mass is 515 g/mol. The highest BCUT2D eigenvalue weighted by molar-refractivity contribution is 14.1. The largest absolute Gasteiger partial charge is 0.491 e. The van der Waals surface area contributed by atoms with Crippen LogP contribution in [0.4, 0.5) is 0 Å². The van der Waals surface area contributed by atoms with Crippen molar-refractivity contribution in [1.29, 1.82) is 0 Å². The Hall–Kier alpha value is -0.840. The Bertz CT molecular complexity index is 561. The van der Waals surface area contributed by atoms with E-state index in [9.17, 15) is 9.59 Å². The summed E-state index contributed by atoms with van der Waals surface area (Å²) in [5.41, 5.74) is 0.537. The average molecular weight is 515 g/mol. The number of carbonyl (C=O) groups is 2. The number of carbonyl (C=O) groups excluding carboxylic acids is 1. The maximum absolute atomic E-state index is 11.1. The highest BCUT2D eigenvalue weighted by Crippen LogP contribution is 2.29. The van der Waals surface area contributed by atoms with Crippen LogP contribution in [0.25, 0.3) is 6.08 Å². The molecular weight excluding hydrogens is 500 g/mol. The molecule has 0 heterocycles. The predicted molar refractivity (Wildman–Crippen MR) is 97.1 cm³/mol. The molecule has 1 amide bonds. The van der Waals surface area contributed by atoms with Gasteiger partial charge >= 0.3 is 5.97 Å². The molecule has 0 atom stereocenters. The van der Waals surface area contributed by atoms with Crippen LogP contribution in [0.1, 0.15) is 25.8 Å². The number of nitrogens with one attached hydrogen (secondary N) is 1. The summed E-state index contributed by atoms with van der Waals surface area (Å²) in [6.45, 7) is 3.93. The SMILES string of the molecule is CCCOc1c(I)cc(C=C(NC(C)=O)C(=O)O)cc1I. The van der Waals surface area contributed by atoms with Gasteiger partial charge in [0, 0.05) is 6.92 Å². The minimum absolute atomic E-state index is 0.156. The van der Waals surface area contributed by atoms with Crippen molar-refractivity contribution in [3.63, 3.8) is 0 Å². The van der Waals surface area contributed by atoms with Gasteiger partial charge in [-0.2, -0.15) is 0 Å². The second-order valence-electron chi connectivity index (χ2n) is 4.21. The third kappa shape index (κ3) is 5.81. The lowest BCUT2D eigenvalue weighted by molar-refractivity contribution is -0.134. The number of rotatable bonds is 6. The maximum Gasteiger partial charge on any atom is 0.352 e. The van der Waals surface area contributed by atoms with Crippen molar-refractivity contribution in [2.24, 2.45) is 0 Å². The standard InChI is InChI=1S/C14H15I2NO4/c1-3-4-21-13-10(15)5-9(6-11(13)16)7-12(14(19)20)17-8(2)18/h5-7H,3-4H2,1-2H3,(H,17,18)(H,19,20). The van der Waals surface area contributed by atoms with Gasteiger partial charge in [-0.25, -0.2) is 4.79 Å². The van der Waals surface area contributed by atoms with Crippen LogP contribution in [0.3, 0.4) is 0 Å². The van der Waals surface area contributed by atoms with E-state index in [0.29, 0.717) is 12.2 Å². The smallest absolute Gasteiger partial charge is 0.352 e. The molecule has 0 radical (unpaired) electrons. The summed E-state index contributed by atoms with van der Waals surface area (Å²) in [5.74, 6) is -0.802. The van der Waals surface area contributed by atoms with Gasteiger partial charge in [0.05, 0.1) is 13.7 Å². The van der Waals surface area contributed by atoms with E-state index >= 15 is 0 Å². The molecule has 0 saturated carbocycles. The van der Waals surface area contributed by atoms with Gasteiger partial charge < -0.3 is 15.2 Å². The Morgan fingerprint density at radius 1 is 1.33 bits per heavy atom. The summed E-state index contributed by atoms with van der Waals surface area (Å²) < 4.78 is 7.46. The van der Waals surface area contributed by atoms with Crippen molar-refractivity contribution < 1.29 is 19.4 Å². The molecule has 0 aliphatic heterocycles. The maximum atomic E-state index is 11.1. The lowest BCUT2D eigenvalue weighted by Crippen LogP contribution is -2.24. The Kier molecular flexibility index (Phi) is 7.43. The summed E-state index contributed by atoms with van der Waals surface area (Å²) >= 11 is 4.29. The first-order valence-corrected chi connectivity index (χ1v) is 8.35. The van der Waals surface area contributed by atoms with Gasteiger partial charge in [0.1, 0.15) is 11.4 Å². The van der Waals surface area contributed by atoms with Crippen molar-refractivity contribution in [1.82, 2.24) is 5.32 Å². The van der Waals surface area contributed by atoms with Gasteiger partial charge in [0.15, 0.2) is 0 Å². The van der Waals surface area contributed by atoms with E-state index in [-0.39, 0.29) is 5.70 Å². The molecule has 21 heavy (non-hydrogen) atoms. The van der Waals surface area contributed by atoms with Crippen molar-refractivity contribution in [2.75, 3.05) is 6.61 Å². The summed E-state index contributed by atoms with van der Waals surface area (Å²) in [6, 6.07) is 3.64. The molecule has 0 aliphatic carbocycles. The number of hydrogen-bond acceptors (Lipinski definition) is 3. The Labute approximate surface area is 150 Å². The zero-order valence-corrected chi connectivity index (χ0v) is 15.9. The van der Waals surface area contributed by atoms with Gasteiger partial charge in [0.25, 0.3) is 0 Å². The molecule has 0 aliphatic rings. The average Bonchev–Trinajstić information content (AvgIpc) is 2.36. The molecule has 2 N–H and O–H groups in total. The second-order valence-corrected chi connectivity index (χ2v) is 6.53. The van der Waals surface area contributed by atoms with E-state index in [1.165, 1.54) is 13.0 Å². The number of carboxylic acids is 1. The lowest BCUT2D eigenvalue weighted by Gasteiger charge is -2.11. The molecule has 0 bridgehead atoms. The molecule has 7 heteroatoms. The topological polar surface area (TPSA) is 75.6 Å². The fraction of sp³-hybridized carbons (Fsp3) is 0.286. The molecule has 0 unspecified atom stereocenters. The van der Waals surface area contributed by atoms with Crippen LogP contribution in [-0.4, -0.2) is 23.6 Å². The van der Waals surface area contributed by atoms with Gasteiger partial charge in [-0.05, 0) is 75.4 Å². The summed E-state index contributed by atoms with van der Waals surface area (Å²) in [4.78, 5) is 22.1. The fourth-order valence-corrected chi connectivity index (χ4v) is 3.64. The molecule has 1 aromatic carbocycles. The first-order valence-electron chi connectivity index (χ1n) is 6.19. The number of hydrogen-bond donors (Lipinski definition) is 2. The number of amides is 1. The normalized spacial score (nSPS) is 11.1. The van der Waals surface area contributed by atoms with E-state index in [4.69, 9.17) is 9.84 Å². The summed E-state index contributed by atoms with van der Waals surface area (Å²) in [5, 5.41) is 11.4. The number of aliphatic carboxylic acids is 1. The Balaban J connectivity index is 3.13. The number of halogens is 2. The Morgan fingerprint density at radius 3 is 2.33 bits per heavy atom. The molecule has 1 aromatic rings. The molecule has 0 saturated heterocycles. The number of ether oxygens (including phenoxy) is 1. The van der Waals surface area contributed by atoms with Gasteiger partial charge in [-0.3, -0.25) is 4.79 Å². The molecule has 5 nitrogen and oxygen atoms in total. The van der Waals surface area contributed by atoms with Crippen LogP contribution in [0, 0.1) is 7.14 Å². The molecule has 0 aromatic heterocycles. The highest BCUT2D eigenvalue weighted by Gasteiger charge is 2.12. The lowest BCUT2D eigenvalue weighted by atomic mass is 10.2.